The maximum absolute atomic E-state index is 12.7. The number of hydrogen-bond donors (Lipinski definition) is 0. The molecule has 0 bridgehead atoms. The standard InChI is InChI=1S/C19H17FO2.C2H6/c1-4-7-17-15(5-2)19(21)16-12-14(9-6-8-13(3)20)10-11-18(16)22-17;1-2/h4-12H,2H2,1,3H3;1-2H3/b7-4-,9-6-,13-8+;. The molecule has 1 heterocycles. The molecule has 1 aromatic carbocycles. The van der Waals surface area contributed by atoms with Crippen molar-refractivity contribution >= 4 is 29.2 Å². The van der Waals surface area contributed by atoms with Crippen LogP contribution >= 0.6 is 0 Å². The van der Waals surface area contributed by atoms with E-state index in [2.05, 4.69) is 6.58 Å². The van der Waals surface area contributed by atoms with E-state index in [0.717, 1.165) is 5.56 Å². The first-order chi connectivity index (χ1) is 11.6. The molecule has 0 spiro atoms. The molecule has 0 atom stereocenters. The summed E-state index contributed by atoms with van der Waals surface area (Å²) in [6, 6.07) is 5.28. The maximum Gasteiger partial charge on any atom is 0.200 e. The van der Waals surface area contributed by atoms with E-state index in [-0.39, 0.29) is 11.3 Å². The second-order valence-electron chi connectivity index (χ2n) is 4.78. The van der Waals surface area contributed by atoms with Crippen LogP contribution in [0, 0.1) is 0 Å². The minimum atomic E-state index is -0.276. The molecule has 2 rings (SSSR count). The third-order valence-electron chi connectivity index (χ3n) is 3.11. The molecule has 0 radical (unpaired) electrons. The Bertz CT molecular complexity index is 848. The Morgan fingerprint density at radius 1 is 1.25 bits per heavy atom. The Morgan fingerprint density at radius 2 is 1.96 bits per heavy atom. The molecule has 0 aliphatic heterocycles. The molecule has 0 saturated carbocycles. The lowest BCUT2D eigenvalue weighted by molar-refractivity contribution is 0.589. The zero-order valence-corrected chi connectivity index (χ0v) is 14.6. The van der Waals surface area contributed by atoms with Gasteiger partial charge in [0.05, 0.1) is 16.8 Å². The third kappa shape index (κ3) is 4.66. The number of hydrogen-bond acceptors (Lipinski definition) is 2. The van der Waals surface area contributed by atoms with Crippen LogP contribution in [0.1, 0.15) is 44.6 Å². The van der Waals surface area contributed by atoms with Crippen LogP contribution in [-0.4, -0.2) is 0 Å². The summed E-state index contributed by atoms with van der Waals surface area (Å²) in [7, 11) is 0. The monoisotopic (exact) mass is 326 g/mol. The van der Waals surface area contributed by atoms with Crippen LogP contribution in [0.25, 0.3) is 29.2 Å². The summed E-state index contributed by atoms with van der Waals surface area (Å²) in [4.78, 5) is 12.5. The van der Waals surface area contributed by atoms with Crippen LogP contribution in [0.15, 0.2) is 58.0 Å². The molecular weight excluding hydrogens is 303 g/mol. The lowest BCUT2D eigenvalue weighted by Crippen LogP contribution is -2.07. The van der Waals surface area contributed by atoms with Crippen LogP contribution in [0.3, 0.4) is 0 Å². The highest BCUT2D eigenvalue weighted by Gasteiger charge is 2.10. The molecule has 126 valence electrons. The fraction of sp³-hybridized carbons (Fsp3) is 0.190. The maximum atomic E-state index is 12.7. The number of benzene rings is 1. The first-order valence-corrected chi connectivity index (χ1v) is 7.93. The Balaban J connectivity index is 0.00000139. The van der Waals surface area contributed by atoms with Crippen LogP contribution in [0.2, 0.25) is 0 Å². The Morgan fingerprint density at radius 3 is 2.54 bits per heavy atom. The normalized spacial score (nSPS) is 11.8. The number of halogens is 1. The van der Waals surface area contributed by atoms with Crippen molar-refractivity contribution in [3.05, 3.63) is 75.9 Å². The first-order valence-electron chi connectivity index (χ1n) is 7.93. The molecular formula is C21H23FO2. The van der Waals surface area contributed by atoms with Crippen molar-refractivity contribution in [1.29, 1.82) is 0 Å². The van der Waals surface area contributed by atoms with E-state index >= 15 is 0 Å². The van der Waals surface area contributed by atoms with Gasteiger partial charge in [0.25, 0.3) is 0 Å². The molecule has 3 heteroatoms. The van der Waals surface area contributed by atoms with Gasteiger partial charge in [-0.25, -0.2) is 4.39 Å². The highest BCUT2D eigenvalue weighted by Crippen LogP contribution is 2.20. The van der Waals surface area contributed by atoms with Crippen LogP contribution in [-0.2, 0) is 0 Å². The fourth-order valence-electron chi connectivity index (χ4n) is 2.11. The van der Waals surface area contributed by atoms with Crippen molar-refractivity contribution in [3.8, 4) is 0 Å². The number of fused-ring (bicyclic) bond motifs is 1. The molecule has 2 aromatic rings. The van der Waals surface area contributed by atoms with E-state index in [1.54, 1.807) is 36.4 Å². The Hall–Kier alpha value is -2.68. The number of rotatable bonds is 4. The molecule has 0 aliphatic rings. The van der Waals surface area contributed by atoms with Gasteiger partial charge < -0.3 is 4.42 Å². The molecule has 24 heavy (non-hydrogen) atoms. The van der Waals surface area contributed by atoms with Gasteiger partial charge in [0, 0.05) is 0 Å². The summed E-state index contributed by atoms with van der Waals surface area (Å²) in [5.41, 5.74) is 1.62. The Labute approximate surface area is 142 Å². The van der Waals surface area contributed by atoms with Crippen molar-refractivity contribution in [1.82, 2.24) is 0 Å². The van der Waals surface area contributed by atoms with Crippen molar-refractivity contribution in [2.45, 2.75) is 27.7 Å². The van der Waals surface area contributed by atoms with Gasteiger partial charge in [-0.15, -0.1) is 0 Å². The first kappa shape index (κ1) is 19.4. The van der Waals surface area contributed by atoms with Crippen molar-refractivity contribution in [2.24, 2.45) is 0 Å². The smallest absolute Gasteiger partial charge is 0.200 e. The Kier molecular flexibility index (Phi) is 7.63. The topological polar surface area (TPSA) is 30.2 Å². The summed E-state index contributed by atoms with van der Waals surface area (Å²) < 4.78 is 18.4. The quantitative estimate of drug-likeness (QED) is 0.610. The SMILES string of the molecule is C=Cc1c(/C=C\C)oc2ccc(/C=C\C=C(/C)F)cc2c1=O.CC. The molecule has 0 N–H and O–H groups in total. The average molecular weight is 326 g/mol. The van der Waals surface area contributed by atoms with Crippen LogP contribution in [0.4, 0.5) is 4.39 Å². The molecule has 0 fully saturated rings. The molecule has 0 unspecified atom stereocenters. The average Bonchev–Trinajstić information content (AvgIpc) is 2.57. The van der Waals surface area contributed by atoms with E-state index in [1.807, 2.05) is 26.8 Å². The van der Waals surface area contributed by atoms with Gasteiger partial charge in [-0.3, -0.25) is 4.79 Å². The van der Waals surface area contributed by atoms with E-state index in [1.165, 1.54) is 19.1 Å². The van der Waals surface area contributed by atoms with Crippen molar-refractivity contribution in [3.63, 3.8) is 0 Å². The predicted molar refractivity (Wildman–Crippen MR) is 103 cm³/mol. The molecule has 0 aliphatic carbocycles. The van der Waals surface area contributed by atoms with E-state index in [9.17, 15) is 9.18 Å². The molecule has 0 amide bonds. The van der Waals surface area contributed by atoms with Crippen LogP contribution < -0.4 is 5.43 Å². The zero-order chi connectivity index (χ0) is 18.1. The van der Waals surface area contributed by atoms with E-state index in [4.69, 9.17) is 4.42 Å². The lowest BCUT2D eigenvalue weighted by atomic mass is 10.1. The highest BCUT2D eigenvalue weighted by atomic mass is 19.1. The second kappa shape index (κ2) is 9.46. The zero-order valence-electron chi connectivity index (χ0n) is 14.6. The van der Waals surface area contributed by atoms with E-state index in [0.29, 0.717) is 22.3 Å². The van der Waals surface area contributed by atoms with Gasteiger partial charge in [0.15, 0.2) is 0 Å². The minimum Gasteiger partial charge on any atom is -0.456 e. The van der Waals surface area contributed by atoms with Crippen molar-refractivity contribution < 1.29 is 8.81 Å². The van der Waals surface area contributed by atoms with Gasteiger partial charge in [-0.1, -0.05) is 50.8 Å². The predicted octanol–water partition coefficient (Wildman–Crippen LogP) is 6.38. The second-order valence-corrected chi connectivity index (χ2v) is 4.78. The summed E-state index contributed by atoms with van der Waals surface area (Å²) >= 11 is 0. The molecule has 1 aromatic heterocycles. The van der Waals surface area contributed by atoms with Crippen molar-refractivity contribution in [2.75, 3.05) is 0 Å². The van der Waals surface area contributed by atoms with Gasteiger partial charge in [0.2, 0.25) is 5.43 Å². The third-order valence-corrected chi connectivity index (χ3v) is 3.11. The summed E-state index contributed by atoms with van der Waals surface area (Å²) in [5, 5.41) is 0.478. The van der Waals surface area contributed by atoms with Gasteiger partial charge in [-0.2, -0.15) is 0 Å². The van der Waals surface area contributed by atoms with Gasteiger partial charge in [-0.05, 0) is 43.7 Å². The van der Waals surface area contributed by atoms with Gasteiger partial charge in [0.1, 0.15) is 11.3 Å². The van der Waals surface area contributed by atoms with E-state index < -0.39 is 0 Å². The summed E-state index contributed by atoms with van der Waals surface area (Å²) in [6.45, 7) is 10.9. The van der Waals surface area contributed by atoms with Crippen LogP contribution in [0.5, 0.6) is 0 Å². The largest absolute Gasteiger partial charge is 0.456 e. The van der Waals surface area contributed by atoms with Gasteiger partial charge >= 0.3 is 0 Å². The molecule has 2 nitrogen and oxygen atoms in total. The number of allylic oxidation sites excluding steroid dienone is 4. The fourth-order valence-corrected chi connectivity index (χ4v) is 2.11. The minimum absolute atomic E-state index is 0.128. The lowest BCUT2D eigenvalue weighted by Gasteiger charge is -2.04. The summed E-state index contributed by atoms with van der Waals surface area (Å²) in [5.74, 6) is 0.218. The highest BCUT2D eigenvalue weighted by molar-refractivity contribution is 5.83. The molecule has 0 saturated heterocycles. The summed E-state index contributed by atoms with van der Waals surface area (Å²) in [6.07, 6.45) is 9.73.